The lowest BCUT2D eigenvalue weighted by atomic mass is 10.1. The molecule has 0 saturated carbocycles. The molecule has 2 heterocycles. The number of hydrogen-bond donors (Lipinski definition) is 0. The van der Waals surface area contributed by atoms with Crippen LogP contribution >= 0.6 is 22.9 Å². The van der Waals surface area contributed by atoms with Crippen LogP contribution in [0, 0.1) is 6.92 Å². The second-order valence-corrected chi connectivity index (χ2v) is 6.72. The van der Waals surface area contributed by atoms with E-state index in [0.29, 0.717) is 10.7 Å². The van der Waals surface area contributed by atoms with Crippen molar-refractivity contribution in [1.82, 2.24) is 0 Å². The number of aryl methyl sites for hydroxylation is 1. The minimum Gasteiger partial charge on any atom is -0.274 e. The predicted molar refractivity (Wildman–Crippen MR) is 100 cm³/mol. The molecule has 0 unspecified atom stereocenters. The first-order valence-corrected chi connectivity index (χ1v) is 8.78. The zero-order chi connectivity index (χ0) is 16.7. The van der Waals surface area contributed by atoms with Crippen molar-refractivity contribution in [3.05, 3.63) is 75.4 Å². The van der Waals surface area contributed by atoms with E-state index in [1.807, 2.05) is 60.1 Å². The van der Waals surface area contributed by atoms with Gasteiger partial charge in [-0.3, -0.25) is 9.69 Å². The highest BCUT2D eigenvalue weighted by atomic mass is 35.5. The largest absolute Gasteiger partial charge is 0.282 e. The summed E-state index contributed by atoms with van der Waals surface area (Å²) in [5.74, 6) is -0.109. The molecule has 5 heteroatoms. The van der Waals surface area contributed by atoms with E-state index in [4.69, 9.17) is 11.6 Å². The number of nitrogens with zero attached hydrogens (tertiary/aromatic N) is 2. The molecule has 24 heavy (non-hydrogen) atoms. The summed E-state index contributed by atoms with van der Waals surface area (Å²) in [6.07, 6.45) is 0. The molecule has 4 rings (SSSR count). The Morgan fingerprint density at radius 1 is 1.12 bits per heavy atom. The predicted octanol–water partition coefficient (Wildman–Crippen LogP) is 5.51. The number of carbonyl (C=O) groups excluding carboxylic acids is 1. The molecular formula is C19H13ClN2OS. The molecule has 0 N–H and O–H groups in total. The molecule has 0 bridgehead atoms. The molecule has 3 nitrogen and oxygen atoms in total. The summed E-state index contributed by atoms with van der Waals surface area (Å²) < 4.78 is 0. The molecule has 1 aromatic heterocycles. The Morgan fingerprint density at radius 3 is 2.71 bits per heavy atom. The molecule has 0 aliphatic carbocycles. The summed E-state index contributed by atoms with van der Waals surface area (Å²) in [6, 6.07) is 15.2. The Bertz CT molecular complexity index is 963. The minimum absolute atomic E-state index is 0.109. The minimum atomic E-state index is -0.109. The van der Waals surface area contributed by atoms with Crippen molar-refractivity contribution in [1.29, 1.82) is 0 Å². The first-order valence-electron chi connectivity index (χ1n) is 7.46. The average Bonchev–Trinajstić information content (AvgIpc) is 3.18. The van der Waals surface area contributed by atoms with Gasteiger partial charge in [-0.25, -0.2) is 4.99 Å². The third-order valence-corrected chi connectivity index (χ3v) is 5.05. The highest BCUT2D eigenvalue weighted by Gasteiger charge is 2.34. The van der Waals surface area contributed by atoms with Crippen LogP contribution in [0.1, 0.15) is 11.1 Å². The Hall–Kier alpha value is -2.43. The van der Waals surface area contributed by atoms with E-state index in [1.54, 1.807) is 22.3 Å². The van der Waals surface area contributed by atoms with Gasteiger partial charge in [0.1, 0.15) is 5.71 Å². The highest BCUT2D eigenvalue weighted by molar-refractivity contribution is 7.08. The SMILES string of the molecule is Cc1cc(/N=C2\C(=O)N(c3ccsc3)c3ccccc32)ccc1Cl. The Kier molecular flexibility index (Phi) is 3.71. The third kappa shape index (κ3) is 2.44. The number of anilines is 2. The van der Waals surface area contributed by atoms with Crippen LogP contribution in [-0.2, 0) is 4.79 Å². The van der Waals surface area contributed by atoms with Crippen LogP contribution in [0.25, 0.3) is 0 Å². The number of rotatable bonds is 2. The Morgan fingerprint density at radius 2 is 1.96 bits per heavy atom. The van der Waals surface area contributed by atoms with Crippen molar-refractivity contribution in [3.8, 4) is 0 Å². The van der Waals surface area contributed by atoms with Crippen LogP contribution in [-0.4, -0.2) is 11.6 Å². The lowest BCUT2D eigenvalue weighted by molar-refractivity contribution is -0.111. The van der Waals surface area contributed by atoms with Crippen LogP contribution in [0.5, 0.6) is 0 Å². The number of hydrogen-bond acceptors (Lipinski definition) is 3. The maximum atomic E-state index is 13.0. The summed E-state index contributed by atoms with van der Waals surface area (Å²) >= 11 is 7.64. The highest BCUT2D eigenvalue weighted by Crippen LogP contribution is 2.37. The second kappa shape index (κ2) is 5.89. The maximum Gasteiger partial charge on any atom is 0.282 e. The number of halogens is 1. The van der Waals surface area contributed by atoms with Crippen molar-refractivity contribution >= 4 is 51.6 Å². The lowest BCUT2D eigenvalue weighted by Gasteiger charge is -2.14. The number of benzene rings is 2. The Balaban J connectivity index is 1.86. The fourth-order valence-corrected chi connectivity index (χ4v) is 3.51. The topological polar surface area (TPSA) is 32.7 Å². The second-order valence-electron chi connectivity index (χ2n) is 5.53. The molecule has 0 radical (unpaired) electrons. The molecule has 0 spiro atoms. The van der Waals surface area contributed by atoms with E-state index >= 15 is 0 Å². The number of amides is 1. The fraction of sp³-hybridized carbons (Fsp3) is 0.0526. The van der Waals surface area contributed by atoms with Crippen molar-refractivity contribution < 1.29 is 4.79 Å². The lowest BCUT2D eigenvalue weighted by Crippen LogP contribution is -2.24. The van der Waals surface area contributed by atoms with Gasteiger partial charge in [0.2, 0.25) is 0 Å². The van der Waals surface area contributed by atoms with Crippen molar-refractivity contribution in [2.24, 2.45) is 4.99 Å². The van der Waals surface area contributed by atoms with Gasteiger partial charge >= 0.3 is 0 Å². The first kappa shape index (κ1) is 15.1. The van der Waals surface area contributed by atoms with Gasteiger partial charge in [0, 0.05) is 16.0 Å². The van der Waals surface area contributed by atoms with Crippen LogP contribution in [0.3, 0.4) is 0 Å². The number of thiophene rings is 1. The van der Waals surface area contributed by atoms with E-state index in [2.05, 4.69) is 4.99 Å². The van der Waals surface area contributed by atoms with Crippen molar-refractivity contribution in [3.63, 3.8) is 0 Å². The summed E-state index contributed by atoms with van der Waals surface area (Å²) in [5, 5.41) is 4.62. The van der Waals surface area contributed by atoms with Gasteiger partial charge in [-0.2, -0.15) is 11.3 Å². The molecule has 0 atom stereocenters. The van der Waals surface area contributed by atoms with Gasteiger partial charge in [-0.1, -0.05) is 29.8 Å². The maximum absolute atomic E-state index is 13.0. The summed E-state index contributed by atoms with van der Waals surface area (Å²) in [7, 11) is 0. The van der Waals surface area contributed by atoms with Crippen LogP contribution in [0.4, 0.5) is 17.1 Å². The normalized spacial score (nSPS) is 15.2. The zero-order valence-corrected chi connectivity index (χ0v) is 14.4. The van der Waals surface area contributed by atoms with Gasteiger partial charge < -0.3 is 0 Å². The van der Waals surface area contributed by atoms with E-state index in [9.17, 15) is 4.79 Å². The average molecular weight is 353 g/mol. The van der Waals surface area contributed by atoms with Crippen LogP contribution in [0.2, 0.25) is 5.02 Å². The number of aliphatic imine (C=N–C) groups is 1. The molecule has 1 aliphatic rings. The molecule has 2 aromatic carbocycles. The van der Waals surface area contributed by atoms with Gasteiger partial charge in [0.05, 0.1) is 17.1 Å². The van der Waals surface area contributed by atoms with Crippen molar-refractivity contribution in [2.75, 3.05) is 4.90 Å². The summed E-state index contributed by atoms with van der Waals surface area (Å²) in [5.41, 5.74) is 4.70. The van der Waals surface area contributed by atoms with Crippen molar-refractivity contribution in [2.45, 2.75) is 6.92 Å². The summed E-state index contributed by atoms with van der Waals surface area (Å²) in [6.45, 7) is 1.92. The quantitative estimate of drug-likeness (QED) is 0.598. The van der Waals surface area contributed by atoms with Gasteiger partial charge in [-0.05, 0) is 48.2 Å². The smallest absolute Gasteiger partial charge is 0.274 e. The van der Waals surface area contributed by atoms with Gasteiger partial charge in [0.25, 0.3) is 5.91 Å². The molecule has 0 saturated heterocycles. The molecule has 118 valence electrons. The molecule has 1 aliphatic heterocycles. The van der Waals surface area contributed by atoms with E-state index in [1.165, 1.54) is 0 Å². The standard InChI is InChI=1S/C19H13ClN2OS/c1-12-10-13(6-7-16(12)20)21-18-15-4-2-3-5-17(15)22(19(18)23)14-8-9-24-11-14/h2-11H,1H3/b21-18-. The first-order chi connectivity index (χ1) is 11.6. The summed E-state index contributed by atoms with van der Waals surface area (Å²) in [4.78, 5) is 19.3. The third-order valence-electron chi connectivity index (χ3n) is 3.95. The number of carbonyl (C=O) groups is 1. The molecule has 3 aromatic rings. The van der Waals surface area contributed by atoms with Gasteiger partial charge in [-0.15, -0.1) is 0 Å². The number of para-hydroxylation sites is 1. The van der Waals surface area contributed by atoms with E-state index in [0.717, 1.165) is 28.2 Å². The molecule has 0 fully saturated rings. The van der Waals surface area contributed by atoms with Crippen LogP contribution in [0.15, 0.2) is 64.3 Å². The zero-order valence-electron chi connectivity index (χ0n) is 12.9. The monoisotopic (exact) mass is 352 g/mol. The Labute approximate surface area is 148 Å². The fourth-order valence-electron chi connectivity index (χ4n) is 2.78. The van der Waals surface area contributed by atoms with E-state index in [-0.39, 0.29) is 5.91 Å². The van der Waals surface area contributed by atoms with Crippen LogP contribution < -0.4 is 4.90 Å². The molecular weight excluding hydrogens is 340 g/mol. The number of fused-ring (bicyclic) bond motifs is 1. The van der Waals surface area contributed by atoms with Gasteiger partial charge in [0.15, 0.2) is 0 Å². The molecule has 1 amide bonds. The van der Waals surface area contributed by atoms with E-state index < -0.39 is 0 Å².